The molecular weight excluding hydrogens is 210 g/mol. The number of aromatic nitrogens is 5. The van der Waals surface area contributed by atoms with Gasteiger partial charge in [0.1, 0.15) is 5.69 Å². The van der Waals surface area contributed by atoms with Crippen molar-refractivity contribution in [2.75, 3.05) is 7.11 Å². The average Bonchev–Trinajstić information content (AvgIpc) is 2.97. The highest BCUT2D eigenvalue weighted by Gasteiger charge is 2.22. The second kappa shape index (κ2) is 4.13. The Morgan fingerprint density at radius 2 is 2.38 bits per heavy atom. The van der Waals surface area contributed by atoms with Gasteiger partial charge in [0.25, 0.3) is 0 Å². The number of nitrogens with zero attached hydrogens (tertiary/aromatic N) is 4. The van der Waals surface area contributed by atoms with Gasteiger partial charge < -0.3 is 4.74 Å². The molecule has 0 saturated carbocycles. The molecule has 0 aliphatic carbocycles. The number of carbonyl (C=O) groups excluding carboxylic acids is 1. The Balaban J connectivity index is 2.34. The molecular formula is C9H11N5O2. The molecule has 2 aromatic heterocycles. The van der Waals surface area contributed by atoms with Gasteiger partial charge in [-0.3, -0.25) is 4.68 Å². The molecule has 0 spiro atoms. The summed E-state index contributed by atoms with van der Waals surface area (Å²) in [6, 6.07) is 1.62. The molecule has 0 amide bonds. The molecule has 0 saturated heterocycles. The Morgan fingerprint density at radius 3 is 3.00 bits per heavy atom. The fourth-order valence-electron chi connectivity index (χ4n) is 1.41. The number of hydrogen-bond donors (Lipinski definition) is 1. The molecule has 1 unspecified atom stereocenters. The molecule has 1 atom stereocenters. The van der Waals surface area contributed by atoms with Crippen LogP contribution in [0.15, 0.2) is 18.5 Å². The van der Waals surface area contributed by atoms with Gasteiger partial charge in [0.2, 0.25) is 0 Å². The summed E-state index contributed by atoms with van der Waals surface area (Å²) in [7, 11) is 1.30. The third kappa shape index (κ3) is 1.67. The van der Waals surface area contributed by atoms with Crippen LogP contribution in [0.25, 0.3) is 0 Å². The van der Waals surface area contributed by atoms with Crippen molar-refractivity contribution in [1.29, 1.82) is 0 Å². The molecule has 0 radical (unpaired) electrons. The lowest BCUT2D eigenvalue weighted by Gasteiger charge is -2.09. The molecule has 7 nitrogen and oxygen atoms in total. The van der Waals surface area contributed by atoms with E-state index in [9.17, 15) is 4.79 Å². The van der Waals surface area contributed by atoms with E-state index in [0.717, 1.165) is 0 Å². The highest BCUT2D eigenvalue weighted by Crippen LogP contribution is 2.17. The van der Waals surface area contributed by atoms with Crippen molar-refractivity contribution in [2.45, 2.75) is 13.0 Å². The number of ether oxygens (including phenoxy) is 1. The van der Waals surface area contributed by atoms with E-state index in [1.165, 1.54) is 7.11 Å². The van der Waals surface area contributed by atoms with E-state index in [1.54, 1.807) is 23.1 Å². The molecule has 0 aliphatic rings. The third-order valence-electron chi connectivity index (χ3n) is 2.27. The molecule has 2 aromatic rings. The van der Waals surface area contributed by atoms with Crippen LogP contribution >= 0.6 is 0 Å². The minimum atomic E-state index is -0.511. The maximum atomic E-state index is 11.4. The first-order valence-corrected chi connectivity index (χ1v) is 4.72. The van der Waals surface area contributed by atoms with Crippen LogP contribution in [-0.4, -0.2) is 38.3 Å². The molecule has 2 rings (SSSR count). The van der Waals surface area contributed by atoms with Gasteiger partial charge >= 0.3 is 5.97 Å². The lowest BCUT2D eigenvalue weighted by atomic mass is 10.2. The molecule has 0 aliphatic heterocycles. The second-order valence-electron chi connectivity index (χ2n) is 3.21. The van der Waals surface area contributed by atoms with Crippen LogP contribution in [0.2, 0.25) is 0 Å². The predicted molar refractivity (Wildman–Crippen MR) is 53.8 cm³/mol. The standard InChI is InChI=1S/C9H11N5O2/c1-6(14-5-3-4-10-14)7-8(9(15)16-2)12-13-11-7/h3-6H,1-2H3,(H,11,12,13). The SMILES string of the molecule is COC(=O)c1n[nH]nc1C(C)n1cccn1. The topological polar surface area (TPSA) is 85.7 Å². The molecule has 2 heterocycles. The van der Waals surface area contributed by atoms with E-state index >= 15 is 0 Å². The van der Waals surface area contributed by atoms with Crippen molar-refractivity contribution >= 4 is 5.97 Å². The Bertz CT molecular complexity index is 476. The van der Waals surface area contributed by atoms with E-state index in [0.29, 0.717) is 5.69 Å². The number of H-pyrrole nitrogens is 1. The second-order valence-corrected chi connectivity index (χ2v) is 3.21. The fraction of sp³-hybridized carbons (Fsp3) is 0.333. The van der Waals surface area contributed by atoms with Crippen LogP contribution in [0.1, 0.15) is 29.1 Å². The van der Waals surface area contributed by atoms with Crippen LogP contribution in [0.5, 0.6) is 0 Å². The van der Waals surface area contributed by atoms with Crippen LogP contribution < -0.4 is 0 Å². The quantitative estimate of drug-likeness (QED) is 0.758. The predicted octanol–water partition coefficient (Wildman–Crippen LogP) is 0.397. The normalized spacial score (nSPS) is 12.4. The summed E-state index contributed by atoms with van der Waals surface area (Å²) in [5.74, 6) is -0.511. The number of carbonyl (C=O) groups is 1. The van der Waals surface area contributed by atoms with Crippen molar-refractivity contribution in [3.63, 3.8) is 0 Å². The lowest BCUT2D eigenvalue weighted by Crippen LogP contribution is -2.13. The fourth-order valence-corrected chi connectivity index (χ4v) is 1.41. The lowest BCUT2D eigenvalue weighted by molar-refractivity contribution is 0.0592. The highest BCUT2D eigenvalue weighted by molar-refractivity contribution is 5.88. The number of rotatable bonds is 3. The van der Waals surface area contributed by atoms with E-state index < -0.39 is 5.97 Å². The number of esters is 1. The van der Waals surface area contributed by atoms with Gasteiger partial charge in [-0.2, -0.15) is 15.4 Å². The molecule has 0 bridgehead atoms. The van der Waals surface area contributed by atoms with Crippen LogP contribution in [0.3, 0.4) is 0 Å². The Morgan fingerprint density at radius 1 is 1.56 bits per heavy atom. The zero-order valence-corrected chi connectivity index (χ0v) is 8.91. The van der Waals surface area contributed by atoms with Crippen LogP contribution in [-0.2, 0) is 4.74 Å². The third-order valence-corrected chi connectivity index (χ3v) is 2.27. The first-order chi connectivity index (χ1) is 7.74. The van der Waals surface area contributed by atoms with Crippen LogP contribution in [0, 0.1) is 0 Å². The van der Waals surface area contributed by atoms with Gasteiger partial charge in [-0.1, -0.05) is 0 Å². The summed E-state index contributed by atoms with van der Waals surface area (Å²) in [4.78, 5) is 11.4. The summed E-state index contributed by atoms with van der Waals surface area (Å²) >= 11 is 0. The van der Waals surface area contributed by atoms with Gasteiger partial charge in [-0.05, 0) is 13.0 Å². The molecule has 0 aromatic carbocycles. The monoisotopic (exact) mass is 221 g/mol. The minimum absolute atomic E-state index is 0.178. The summed E-state index contributed by atoms with van der Waals surface area (Å²) in [6.07, 6.45) is 3.45. The van der Waals surface area contributed by atoms with Crippen molar-refractivity contribution in [3.8, 4) is 0 Å². The summed E-state index contributed by atoms with van der Waals surface area (Å²) in [5, 5.41) is 14.2. The maximum Gasteiger partial charge on any atom is 0.360 e. The van der Waals surface area contributed by atoms with Crippen molar-refractivity contribution in [2.24, 2.45) is 0 Å². The highest BCUT2D eigenvalue weighted by atomic mass is 16.5. The summed E-state index contributed by atoms with van der Waals surface area (Å²) < 4.78 is 6.30. The van der Waals surface area contributed by atoms with E-state index in [-0.39, 0.29) is 11.7 Å². The molecule has 0 fully saturated rings. The van der Waals surface area contributed by atoms with E-state index in [1.807, 2.05) is 6.92 Å². The van der Waals surface area contributed by atoms with Crippen molar-refractivity contribution < 1.29 is 9.53 Å². The number of nitrogens with one attached hydrogen (secondary N) is 1. The van der Waals surface area contributed by atoms with Gasteiger partial charge in [0, 0.05) is 12.4 Å². The van der Waals surface area contributed by atoms with Gasteiger partial charge in [-0.15, -0.1) is 5.10 Å². The Labute approximate surface area is 91.4 Å². The zero-order chi connectivity index (χ0) is 11.5. The van der Waals surface area contributed by atoms with Gasteiger partial charge in [-0.25, -0.2) is 4.79 Å². The molecule has 84 valence electrons. The largest absolute Gasteiger partial charge is 0.464 e. The summed E-state index contributed by atoms with van der Waals surface area (Å²) in [6.45, 7) is 1.87. The first kappa shape index (κ1) is 10.3. The van der Waals surface area contributed by atoms with E-state index in [4.69, 9.17) is 0 Å². The Hall–Kier alpha value is -2.18. The Kier molecular flexibility index (Phi) is 2.67. The minimum Gasteiger partial charge on any atom is -0.464 e. The molecule has 7 heteroatoms. The first-order valence-electron chi connectivity index (χ1n) is 4.72. The smallest absolute Gasteiger partial charge is 0.360 e. The number of methoxy groups -OCH3 is 1. The van der Waals surface area contributed by atoms with Gasteiger partial charge in [0.05, 0.1) is 13.2 Å². The van der Waals surface area contributed by atoms with E-state index in [2.05, 4.69) is 25.2 Å². The average molecular weight is 221 g/mol. The number of aromatic amines is 1. The molecule has 1 N–H and O–H groups in total. The van der Waals surface area contributed by atoms with Crippen molar-refractivity contribution in [1.82, 2.24) is 25.2 Å². The molecule has 16 heavy (non-hydrogen) atoms. The van der Waals surface area contributed by atoms with Crippen LogP contribution in [0.4, 0.5) is 0 Å². The van der Waals surface area contributed by atoms with Crippen molar-refractivity contribution in [3.05, 3.63) is 29.8 Å². The zero-order valence-electron chi connectivity index (χ0n) is 8.91. The number of hydrogen-bond acceptors (Lipinski definition) is 5. The van der Waals surface area contributed by atoms with Gasteiger partial charge in [0.15, 0.2) is 5.69 Å². The maximum absolute atomic E-state index is 11.4. The summed E-state index contributed by atoms with van der Waals surface area (Å²) in [5.41, 5.74) is 0.695.